The van der Waals surface area contributed by atoms with Crippen molar-refractivity contribution in [2.75, 3.05) is 6.54 Å². The second-order valence-corrected chi connectivity index (χ2v) is 4.28. The smallest absolute Gasteiger partial charge is 0.358 e. The Morgan fingerprint density at radius 3 is 3.06 bits per heavy atom. The first-order valence-corrected chi connectivity index (χ1v) is 5.54. The Morgan fingerprint density at radius 2 is 2.44 bits per heavy atom. The number of nitro groups is 1. The van der Waals surface area contributed by atoms with E-state index in [2.05, 4.69) is 4.98 Å². The third-order valence-electron chi connectivity index (χ3n) is 3.22. The van der Waals surface area contributed by atoms with Crippen LogP contribution in [0, 0.1) is 23.0 Å². The molecular formula is C10H16N4O2. The maximum absolute atomic E-state index is 10.8. The van der Waals surface area contributed by atoms with Gasteiger partial charge >= 0.3 is 5.82 Å². The van der Waals surface area contributed by atoms with Crippen molar-refractivity contribution in [3.8, 4) is 0 Å². The van der Waals surface area contributed by atoms with E-state index >= 15 is 0 Å². The minimum atomic E-state index is -0.387. The quantitative estimate of drug-likeness (QED) is 0.613. The van der Waals surface area contributed by atoms with E-state index in [1.165, 1.54) is 0 Å². The lowest BCUT2D eigenvalue weighted by Crippen LogP contribution is -2.23. The van der Waals surface area contributed by atoms with Crippen molar-refractivity contribution < 1.29 is 4.92 Å². The minimum absolute atomic E-state index is 0.0312. The first kappa shape index (κ1) is 11.1. The van der Waals surface area contributed by atoms with Gasteiger partial charge in [-0.05, 0) is 41.6 Å². The number of hydrogen-bond acceptors (Lipinski definition) is 4. The standard InChI is InChI=1S/C10H16N4O2/c1-7-12-10(14(15)16)9-3-2-8(4-5-11)6-13(7)9/h8H,2-6,11H2,1H3. The van der Waals surface area contributed by atoms with Gasteiger partial charge < -0.3 is 20.4 Å². The fourth-order valence-electron chi connectivity index (χ4n) is 2.39. The van der Waals surface area contributed by atoms with Gasteiger partial charge in [0.2, 0.25) is 5.82 Å². The maximum atomic E-state index is 10.8. The zero-order chi connectivity index (χ0) is 11.7. The summed E-state index contributed by atoms with van der Waals surface area (Å²) >= 11 is 0. The van der Waals surface area contributed by atoms with Gasteiger partial charge in [0.25, 0.3) is 0 Å². The Kier molecular flexibility index (Phi) is 2.91. The molecule has 0 radical (unpaired) electrons. The Bertz CT molecular complexity index is 413. The third-order valence-corrected chi connectivity index (χ3v) is 3.22. The Hall–Kier alpha value is -1.43. The summed E-state index contributed by atoms with van der Waals surface area (Å²) in [4.78, 5) is 14.4. The largest absolute Gasteiger partial charge is 0.385 e. The van der Waals surface area contributed by atoms with Crippen LogP contribution >= 0.6 is 0 Å². The van der Waals surface area contributed by atoms with Gasteiger partial charge in [-0.25, -0.2) is 0 Å². The molecule has 1 aromatic heterocycles. The molecule has 1 aliphatic heterocycles. The number of aryl methyl sites for hydroxylation is 1. The molecule has 0 saturated carbocycles. The highest BCUT2D eigenvalue weighted by molar-refractivity contribution is 5.31. The summed E-state index contributed by atoms with van der Waals surface area (Å²) < 4.78 is 1.97. The highest BCUT2D eigenvalue weighted by Gasteiger charge is 2.30. The van der Waals surface area contributed by atoms with Crippen molar-refractivity contribution in [1.82, 2.24) is 9.55 Å². The highest BCUT2D eigenvalue weighted by Crippen LogP contribution is 2.29. The summed E-state index contributed by atoms with van der Waals surface area (Å²) in [6, 6.07) is 0. The van der Waals surface area contributed by atoms with Crippen molar-refractivity contribution in [1.29, 1.82) is 0 Å². The van der Waals surface area contributed by atoms with Gasteiger partial charge in [0.05, 0.1) is 0 Å². The molecule has 16 heavy (non-hydrogen) atoms. The molecule has 88 valence electrons. The SMILES string of the molecule is Cc1nc([N+](=O)[O-])c2n1CC(CCN)CC2. The van der Waals surface area contributed by atoms with E-state index in [0.29, 0.717) is 12.5 Å². The van der Waals surface area contributed by atoms with Crippen LogP contribution < -0.4 is 5.73 Å². The van der Waals surface area contributed by atoms with Gasteiger partial charge in [-0.3, -0.25) is 0 Å². The molecule has 0 amide bonds. The molecule has 1 aromatic rings. The molecule has 2 heterocycles. The molecule has 2 rings (SSSR count). The van der Waals surface area contributed by atoms with E-state index in [-0.39, 0.29) is 10.7 Å². The van der Waals surface area contributed by atoms with E-state index < -0.39 is 0 Å². The minimum Gasteiger partial charge on any atom is -0.358 e. The number of aromatic nitrogens is 2. The second-order valence-electron chi connectivity index (χ2n) is 4.28. The van der Waals surface area contributed by atoms with Crippen LogP contribution in [-0.4, -0.2) is 21.0 Å². The molecule has 0 aromatic carbocycles. The van der Waals surface area contributed by atoms with Gasteiger partial charge in [0.15, 0.2) is 0 Å². The van der Waals surface area contributed by atoms with E-state index in [4.69, 9.17) is 5.73 Å². The van der Waals surface area contributed by atoms with E-state index in [9.17, 15) is 10.1 Å². The van der Waals surface area contributed by atoms with Crippen LogP contribution in [-0.2, 0) is 13.0 Å². The maximum Gasteiger partial charge on any atom is 0.385 e. The van der Waals surface area contributed by atoms with Gasteiger partial charge in [-0.15, -0.1) is 0 Å². The van der Waals surface area contributed by atoms with Gasteiger partial charge in [-0.1, -0.05) is 0 Å². The molecule has 2 N–H and O–H groups in total. The molecule has 6 heteroatoms. The van der Waals surface area contributed by atoms with Crippen molar-refractivity contribution in [2.45, 2.75) is 32.7 Å². The topological polar surface area (TPSA) is 87.0 Å². The fourth-order valence-corrected chi connectivity index (χ4v) is 2.39. The normalized spacial score (nSPS) is 19.5. The van der Waals surface area contributed by atoms with Gasteiger partial charge in [-0.2, -0.15) is 0 Å². The number of rotatable bonds is 3. The Morgan fingerprint density at radius 1 is 1.69 bits per heavy atom. The molecule has 1 aliphatic rings. The summed E-state index contributed by atoms with van der Waals surface area (Å²) in [5.41, 5.74) is 6.31. The average Bonchev–Trinajstić information content (AvgIpc) is 2.57. The molecule has 0 saturated heterocycles. The van der Waals surface area contributed by atoms with Crippen LogP contribution in [0.25, 0.3) is 0 Å². The second kappa shape index (κ2) is 4.21. The zero-order valence-corrected chi connectivity index (χ0v) is 9.35. The number of nitrogens with zero attached hydrogens (tertiary/aromatic N) is 3. The predicted molar refractivity (Wildman–Crippen MR) is 59.1 cm³/mol. The molecule has 0 fully saturated rings. The highest BCUT2D eigenvalue weighted by atomic mass is 16.6. The predicted octanol–water partition coefficient (Wildman–Crippen LogP) is 1.01. The molecule has 1 unspecified atom stereocenters. The van der Waals surface area contributed by atoms with Crippen LogP contribution in [0.2, 0.25) is 0 Å². The van der Waals surface area contributed by atoms with Crippen LogP contribution in [0.1, 0.15) is 24.4 Å². The number of hydrogen-bond donors (Lipinski definition) is 1. The molecule has 0 aliphatic carbocycles. The first-order valence-electron chi connectivity index (χ1n) is 5.54. The summed E-state index contributed by atoms with van der Waals surface area (Å²) in [5, 5.41) is 10.8. The van der Waals surface area contributed by atoms with E-state index in [1.54, 1.807) is 0 Å². The van der Waals surface area contributed by atoms with Crippen molar-refractivity contribution in [2.24, 2.45) is 11.7 Å². The third kappa shape index (κ3) is 1.80. The Labute approximate surface area is 93.6 Å². The molecule has 1 atom stereocenters. The lowest BCUT2D eigenvalue weighted by atomic mass is 9.95. The molecular weight excluding hydrogens is 208 g/mol. The van der Waals surface area contributed by atoms with Crippen LogP contribution in [0.3, 0.4) is 0 Å². The van der Waals surface area contributed by atoms with Gasteiger partial charge in [0, 0.05) is 13.5 Å². The summed E-state index contributed by atoms with van der Waals surface area (Å²) in [6.07, 6.45) is 2.69. The Balaban J connectivity index is 2.29. The first-order chi connectivity index (χ1) is 7.63. The number of imidazole rings is 1. The zero-order valence-electron chi connectivity index (χ0n) is 9.35. The van der Waals surface area contributed by atoms with Gasteiger partial charge in [0.1, 0.15) is 5.69 Å². The molecule has 0 bridgehead atoms. The van der Waals surface area contributed by atoms with Crippen molar-refractivity contribution >= 4 is 5.82 Å². The van der Waals surface area contributed by atoms with E-state index in [0.717, 1.165) is 37.3 Å². The molecule has 0 spiro atoms. The summed E-state index contributed by atoms with van der Waals surface area (Å²) in [5.74, 6) is 1.30. The van der Waals surface area contributed by atoms with Crippen molar-refractivity contribution in [3.05, 3.63) is 21.6 Å². The van der Waals surface area contributed by atoms with Crippen LogP contribution in [0.4, 0.5) is 5.82 Å². The monoisotopic (exact) mass is 224 g/mol. The average molecular weight is 224 g/mol. The lowest BCUT2D eigenvalue weighted by Gasteiger charge is -2.23. The molecule has 6 nitrogen and oxygen atoms in total. The van der Waals surface area contributed by atoms with E-state index in [1.807, 2.05) is 11.5 Å². The number of nitrogens with two attached hydrogens (primary N) is 1. The van der Waals surface area contributed by atoms with Crippen molar-refractivity contribution in [3.63, 3.8) is 0 Å². The fraction of sp³-hybridized carbons (Fsp3) is 0.700. The lowest BCUT2D eigenvalue weighted by molar-refractivity contribution is -0.390. The summed E-state index contributed by atoms with van der Waals surface area (Å²) in [6.45, 7) is 3.32. The number of fused-ring (bicyclic) bond motifs is 1. The summed E-state index contributed by atoms with van der Waals surface area (Å²) in [7, 11) is 0. The van der Waals surface area contributed by atoms with Crippen LogP contribution in [0.5, 0.6) is 0 Å². The van der Waals surface area contributed by atoms with Crippen LogP contribution in [0.15, 0.2) is 0 Å².